The molecule has 4 heteroatoms. The maximum absolute atomic E-state index is 11.5. The second-order valence-electron chi connectivity index (χ2n) is 5.51. The molecule has 0 aliphatic rings. The van der Waals surface area contributed by atoms with Crippen LogP contribution < -0.4 is 11.1 Å². The highest BCUT2D eigenvalue weighted by molar-refractivity contribution is 5.85. The standard InChI is InChI=1S/C11H24N2O.ClH/c1-8(2)6-9(12)10(14)13-7-11(3,4)5;/h8-9H,6-7,12H2,1-5H3,(H,13,14);1H/t9-;/m0./s1. The summed E-state index contributed by atoms with van der Waals surface area (Å²) in [6, 6.07) is -0.364. The summed E-state index contributed by atoms with van der Waals surface area (Å²) in [6.45, 7) is 11.1. The van der Waals surface area contributed by atoms with Gasteiger partial charge in [-0.2, -0.15) is 0 Å². The summed E-state index contributed by atoms with van der Waals surface area (Å²) in [7, 11) is 0. The molecule has 0 unspecified atom stereocenters. The SMILES string of the molecule is CC(C)C[C@H](N)C(=O)NCC(C)(C)C.Cl. The number of carbonyl (C=O) groups is 1. The van der Waals surface area contributed by atoms with Crippen molar-refractivity contribution in [1.82, 2.24) is 5.32 Å². The second kappa shape index (κ2) is 7.07. The lowest BCUT2D eigenvalue weighted by molar-refractivity contribution is -0.123. The van der Waals surface area contributed by atoms with Crippen molar-refractivity contribution >= 4 is 18.3 Å². The van der Waals surface area contributed by atoms with E-state index in [2.05, 4.69) is 39.9 Å². The number of hydrogen-bond donors (Lipinski definition) is 2. The van der Waals surface area contributed by atoms with Gasteiger partial charge in [-0.25, -0.2) is 0 Å². The van der Waals surface area contributed by atoms with E-state index in [4.69, 9.17) is 5.73 Å². The zero-order valence-electron chi connectivity index (χ0n) is 10.5. The third kappa shape index (κ3) is 10.0. The van der Waals surface area contributed by atoms with Crippen LogP contribution in [0.2, 0.25) is 0 Å². The Labute approximate surface area is 99.6 Å². The summed E-state index contributed by atoms with van der Waals surface area (Å²) < 4.78 is 0. The first-order valence-electron chi connectivity index (χ1n) is 5.25. The van der Waals surface area contributed by atoms with Gasteiger partial charge < -0.3 is 11.1 Å². The minimum absolute atomic E-state index is 0. The molecule has 0 heterocycles. The average molecular weight is 237 g/mol. The van der Waals surface area contributed by atoms with E-state index in [1.807, 2.05) is 0 Å². The van der Waals surface area contributed by atoms with Crippen LogP contribution in [0.4, 0.5) is 0 Å². The van der Waals surface area contributed by atoms with Crippen LogP contribution in [0.3, 0.4) is 0 Å². The lowest BCUT2D eigenvalue weighted by Crippen LogP contribution is -2.44. The molecule has 0 aromatic carbocycles. The molecule has 0 saturated heterocycles. The predicted molar refractivity (Wildman–Crippen MR) is 67.1 cm³/mol. The Morgan fingerprint density at radius 3 is 2.13 bits per heavy atom. The van der Waals surface area contributed by atoms with Gasteiger partial charge in [0, 0.05) is 6.54 Å². The molecule has 0 aliphatic carbocycles. The largest absolute Gasteiger partial charge is 0.354 e. The molecule has 15 heavy (non-hydrogen) atoms. The molecule has 3 N–H and O–H groups in total. The van der Waals surface area contributed by atoms with E-state index in [-0.39, 0.29) is 29.8 Å². The van der Waals surface area contributed by atoms with Crippen molar-refractivity contribution in [1.29, 1.82) is 0 Å². The summed E-state index contributed by atoms with van der Waals surface area (Å²) in [5.74, 6) is 0.430. The first-order chi connectivity index (χ1) is 6.22. The number of nitrogens with two attached hydrogens (primary N) is 1. The molecule has 0 aliphatic heterocycles. The van der Waals surface area contributed by atoms with Crippen molar-refractivity contribution in [2.24, 2.45) is 17.1 Å². The Balaban J connectivity index is 0. The fraction of sp³-hybridized carbons (Fsp3) is 0.909. The van der Waals surface area contributed by atoms with Crippen molar-refractivity contribution in [3.8, 4) is 0 Å². The molecule has 0 radical (unpaired) electrons. The van der Waals surface area contributed by atoms with Crippen molar-refractivity contribution in [2.45, 2.75) is 47.1 Å². The molecule has 0 aromatic heterocycles. The molecule has 1 atom stereocenters. The van der Waals surface area contributed by atoms with Crippen molar-refractivity contribution < 1.29 is 4.79 Å². The summed E-state index contributed by atoms with van der Waals surface area (Å²) in [5, 5.41) is 2.86. The molecule has 1 amide bonds. The van der Waals surface area contributed by atoms with Gasteiger partial charge in [0.25, 0.3) is 0 Å². The third-order valence-corrected chi connectivity index (χ3v) is 1.86. The Hall–Kier alpha value is -0.280. The number of carbonyl (C=O) groups excluding carboxylic acids is 1. The monoisotopic (exact) mass is 236 g/mol. The van der Waals surface area contributed by atoms with E-state index in [0.29, 0.717) is 12.5 Å². The summed E-state index contributed by atoms with van der Waals surface area (Å²) in [4.78, 5) is 11.5. The smallest absolute Gasteiger partial charge is 0.236 e. The van der Waals surface area contributed by atoms with E-state index >= 15 is 0 Å². The molecule has 0 bridgehead atoms. The van der Waals surface area contributed by atoms with Gasteiger partial charge >= 0.3 is 0 Å². The van der Waals surface area contributed by atoms with Crippen LogP contribution in [0, 0.1) is 11.3 Å². The molecule has 92 valence electrons. The van der Waals surface area contributed by atoms with Crippen LogP contribution in [0.5, 0.6) is 0 Å². The maximum Gasteiger partial charge on any atom is 0.236 e. The van der Waals surface area contributed by atoms with Gasteiger partial charge in [0.1, 0.15) is 0 Å². The number of amides is 1. The normalized spacial score (nSPS) is 13.3. The molecule has 0 saturated carbocycles. The van der Waals surface area contributed by atoms with E-state index < -0.39 is 0 Å². The Kier molecular flexibility index (Phi) is 8.07. The van der Waals surface area contributed by atoms with Crippen LogP contribution >= 0.6 is 12.4 Å². The third-order valence-electron chi connectivity index (χ3n) is 1.86. The van der Waals surface area contributed by atoms with E-state index in [1.54, 1.807) is 0 Å². The average Bonchev–Trinajstić information content (AvgIpc) is 1.97. The van der Waals surface area contributed by atoms with Gasteiger partial charge in [-0.3, -0.25) is 4.79 Å². The maximum atomic E-state index is 11.5. The molecular formula is C11H25ClN2O. The highest BCUT2D eigenvalue weighted by atomic mass is 35.5. The molecule has 0 spiro atoms. The molecule has 3 nitrogen and oxygen atoms in total. The first kappa shape index (κ1) is 17.1. The van der Waals surface area contributed by atoms with Gasteiger partial charge in [0.2, 0.25) is 5.91 Å². The second-order valence-corrected chi connectivity index (χ2v) is 5.51. The summed E-state index contributed by atoms with van der Waals surface area (Å²) in [5.41, 5.74) is 5.85. The van der Waals surface area contributed by atoms with E-state index in [1.165, 1.54) is 0 Å². The van der Waals surface area contributed by atoms with Gasteiger partial charge in [0.05, 0.1) is 6.04 Å². The lowest BCUT2D eigenvalue weighted by Gasteiger charge is -2.21. The molecule has 0 fully saturated rings. The molecule has 0 aromatic rings. The van der Waals surface area contributed by atoms with Crippen LogP contribution in [0.15, 0.2) is 0 Å². The van der Waals surface area contributed by atoms with Gasteiger partial charge in [-0.15, -0.1) is 12.4 Å². The Morgan fingerprint density at radius 1 is 1.33 bits per heavy atom. The highest BCUT2D eigenvalue weighted by Crippen LogP contribution is 2.10. The van der Waals surface area contributed by atoms with Crippen LogP contribution in [0.25, 0.3) is 0 Å². The molecule has 0 rings (SSSR count). The fourth-order valence-corrected chi connectivity index (χ4v) is 1.10. The quantitative estimate of drug-likeness (QED) is 0.784. The lowest BCUT2D eigenvalue weighted by atomic mass is 9.96. The van der Waals surface area contributed by atoms with Crippen LogP contribution in [-0.2, 0) is 4.79 Å². The minimum atomic E-state index is -0.364. The van der Waals surface area contributed by atoms with E-state index in [9.17, 15) is 4.79 Å². The summed E-state index contributed by atoms with van der Waals surface area (Å²) in [6.07, 6.45) is 0.746. The Morgan fingerprint density at radius 2 is 1.80 bits per heavy atom. The van der Waals surface area contributed by atoms with Gasteiger partial charge in [0.15, 0.2) is 0 Å². The zero-order chi connectivity index (χ0) is 11.4. The van der Waals surface area contributed by atoms with Crippen LogP contribution in [0.1, 0.15) is 41.0 Å². The molecular weight excluding hydrogens is 212 g/mol. The minimum Gasteiger partial charge on any atom is -0.354 e. The number of halogens is 1. The number of rotatable bonds is 4. The van der Waals surface area contributed by atoms with Crippen LogP contribution in [-0.4, -0.2) is 18.5 Å². The number of nitrogens with one attached hydrogen (secondary N) is 1. The first-order valence-corrected chi connectivity index (χ1v) is 5.25. The fourth-order valence-electron chi connectivity index (χ4n) is 1.10. The van der Waals surface area contributed by atoms with Crippen molar-refractivity contribution in [3.05, 3.63) is 0 Å². The highest BCUT2D eigenvalue weighted by Gasteiger charge is 2.17. The zero-order valence-corrected chi connectivity index (χ0v) is 11.3. The number of hydrogen-bond acceptors (Lipinski definition) is 2. The topological polar surface area (TPSA) is 55.1 Å². The Bertz CT molecular complexity index is 188. The van der Waals surface area contributed by atoms with Gasteiger partial charge in [-0.1, -0.05) is 34.6 Å². The van der Waals surface area contributed by atoms with Crippen molar-refractivity contribution in [2.75, 3.05) is 6.54 Å². The predicted octanol–water partition coefficient (Wildman–Crippen LogP) is 1.94. The summed E-state index contributed by atoms with van der Waals surface area (Å²) >= 11 is 0. The van der Waals surface area contributed by atoms with E-state index in [0.717, 1.165) is 6.42 Å². The van der Waals surface area contributed by atoms with Crippen molar-refractivity contribution in [3.63, 3.8) is 0 Å². The van der Waals surface area contributed by atoms with Gasteiger partial charge in [-0.05, 0) is 17.8 Å².